The first-order valence-corrected chi connectivity index (χ1v) is 13.0. The monoisotopic (exact) mass is 587 g/mol. The smallest absolute Gasteiger partial charge is 0.301 e. The third-order valence-electron chi connectivity index (χ3n) is 5.22. The van der Waals surface area contributed by atoms with Gasteiger partial charge in [-0.2, -0.15) is 0 Å². The summed E-state index contributed by atoms with van der Waals surface area (Å²) in [5.41, 5.74) is 1.09. The molecule has 3 aromatic rings. The number of benzene rings is 2. The van der Waals surface area contributed by atoms with Crippen LogP contribution in [0.1, 0.15) is 48.9 Å². The molecule has 2 aromatic carbocycles. The Kier molecular flexibility index (Phi) is 9.54. The maximum atomic E-state index is 13.1. The second kappa shape index (κ2) is 12.6. The largest absolute Gasteiger partial charge is 0.507 e. The summed E-state index contributed by atoms with van der Waals surface area (Å²) in [6.07, 6.45) is 1.98. The van der Waals surface area contributed by atoms with Gasteiger partial charge in [0.25, 0.3) is 11.8 Å². The van der Waals surface area contributed by atoms with E-state index in [2.05, 4.69) is 33.1 Å². The normalized spacial score (nSPS) is 16.3. The summed E-state index contributed by atoms with van der Waals surface area (Å²) in [7, 11) is 0. The molecule has 0 radical (unpaired) electrons. The van der Waals surface area contributed by atoms with E-state index in [1.807, 2.05) is 18.2 Å². The first-order chi connectivity index (χ1) is 17.6. The van der Waals surface area contributed by atoms with Gasteiger partial charge in [0, 0.05) is 17.0 Å². The molecule has 4 rings (SSSR count). The predicted molar refractivity (Wildman–Crippen MR) is 144 cm³/mol. The molecule has 194 valence electrons. The van der Waals surface area contributed by atoms with E-state index in [4.69, 9.17) is 14.6 Å². The maximum Gasteiger partial charge on any atom is 0.301 e. The molecule has 1 amide bonds. The van der Waals surface area contributed by atoms with Crippen LogP contribution < -0.4 is 9.64 Å². The number of aliphatic hydroxyl groups is 1. The fourth-order valence-corrected chi connectivity index (χ4v) is 4.74. The van der Waals surface area contributed by atoms with E-state index < -0.39 is 23.7 Å². The first kappa shape index (κ1) is 28.0. The molecule has 2 N–H and O–H groups in total. The minimum absolute atomic E-state index is 0.00519. The number of carbonyl (C=O) groups is 3. The average Bonchev–Trinajstić information content (AvgIpc) is 3.39. The molecule has 37 heavy (non-hydrogen) atoms. The van der Waals surface area contributed by atoms with Crippen molar-refractivity contribution in [1.29, 1.82) is 0 Å². The van der Waals surface area contributed by atoms with Crippen LogP contribution >= 0.6 is 27.3 Å². The summed E-state index contributed by atoms with van der Waals surface area (Å²) < 4.78 is 6.46. The van der Waals surface area contributed by atoms with Gasteiger partial charge < -0.3 is 14.9 Å². The van der Waals surface area contributed by atoms with Gasteiger partial charge in [-0.3, -0.25) is 19.3 Å². The molecule has 1 unspecified atom stereocenters. The number of aliphatic hydroxyl groups excluding tert-OH is 1. The van der Waals surface area contributed by atoms with Gasteiger partial charge in [-0.15, -0.1) is 10.2 Å². The molecular weight excluding hydrogens is 562 g/mol. The molecule has 1 fully saturated rings. The number of nitrogens with zero attached hydrogens (tertiary/aromatic N) is 3. The molecular formula is C26H26BrN3O6S. The molecule has 1 aliphatic rings. The molecule has 11 heteroatoms. The Morgan fingerprint density at radius 3 is 2.38 bits per heavy atom. The number of Topliss-reactive ketones (excluding diaryl/α,β-unsaturated/α-hetero) is 1. The van der Waals surface area contributed by atoms with Crippen LogP contribution in [0.25, 0.3) is 5.76 Å². The minimum Gasteiger partial charge on any atom is -0.507 e. The summed E-state index contributed by atoms with van der Waals surface area (Å²) in [5, 5.41) is 27.6. The van der Waals surface area contributed by atoms with E-state index in [1.54, 1.807) is 37.3 Å². The number of hydrogen-bond acceptors (Lipinski definition) is 8. The highest BCUT2D eigenvalue weighted by Gasteiger charge is 2.48. The number of aliphatic carboxylic acids is 1. The van der Waals surface area contributed by atoms with Gasteiger partial charge in [-0.25, -0.2) is 0 Å². The number of anilines is 1. The lowest BCUT2D eigenvalue weighted by molar-refractivity contribution is -0.134. The van der Waals surface area contributed by atoms with Gasteiger partial charge in [0.2, 0.25) is 5.13 Å². The summed E-state index contributed by atoms with van der Waals surface area (Å²) in [5.74, 6) is -1.93. The predicted octanol–water partition coefficient (Wildman–Crippen LogP) is 5.51. The lowest BCUT2D eigenvalue weighted by Crippen LogP contribution is -2.29. The summed E-state index contributed by atoms with van der Waals surface area (Å²) >= 11 is 4.66. The van der Waals surface area contributed by atoms with E-state index in [9.17, 15) is 14.7 Å². The molecule has 0 aliphatic carbocycles. The molecule has 0 bridgehead atoms. The summed E-state index contributed by atoms with van der Waals surface area (Å²) in [6.45, 7) is 5.55. The number of aromatic nitrogens is 2. The number of amides is 1. The Morgan fingerprint density at radius 1 is 1.14 bits per heavy atom. The Bertz CT molecular complexity index is 1320. The number of halogens is 1. The van der Waals surface area contributed by atoms with Crippen molar-refractivity contribution in [3.63, 3.8) is 0 Å². The van der Waals surface area contributed by atoms with Crippen LogP contribution in [0.5, 0.6) is 5.75 Å². The molecule has 1 aromatic heterocycles. The van der Waals surface area contributed by atoms with Crippen LogP contribution in [0, 0.1) is 6.92 Å². The van der Waals surface area contributed by atoms with Crippen molar-refractivity contribution in [2.24, 2.45) is 0 Å². The third-order valence-corrected chi connectivity index (χ3v) is 6.56. The van der Waals surface area contributed by atoms with Crippen LogP contribution in [0.4, 0.5) is 5.13 Å². The van der Waals surface area contributed by atoms with Crippen molar-refractivity contribution in [3.05, 3.63) is 74.7 Å². The zero-order valence-corrected chi connectivity index (χ0v) is 22.9. The van der Waals surface area contributed by atoms with Crippen molar-refractivity contribution in [1.82, 2.24) is 10.2 Å². The SMILES string of the molecule is CC(=O)O.CCCCOc1ccc(/C(O)=C2\C(=O)C(=O)N(c3nnc(C)s3)C2c2cccc(Br)c2)cc1. The van der Waals surface area contributed by atoms with E-state index in [0.717, 1.165) is 24.2 Å². The quantitative estimate of drug-likeness (QED) is 0.160. The second-order valence-electron chi connectivity index (χ2n) is 8.07. The Labute approximate surface area is 226 Å². The van der Waals surface area contributed by atoms with Gasteiger partial charge in [0.1, 0.15) is 16.5 Å². The van der Waals surface area contributed by atoms with Crippen molar-refractivity contribution in [2.75, 3.05) is 11.5 Å². The molecule has 2 heterocycles. The first-order valence-electron chi connectivity index (χ1n) is 11.4. The van der Waals surface area contributed by atoms with Gasteiger partial charge in [-0.1, -0.05) is 52.7 Å². The topological polar surface area (TPSA) is 130 Å². The standard InChI is InChI=1S/C24H22BrN3O4S.C2H4O2/c1-3-4-12-32-18-10-8-15(9-11-18)21(29)19-20(16-6-5-7-17(25)13-16)28(23(31)22(19)30)24-27-26-14(2)33-24;1-2(3)4/h5-11,13,20,29H,3-4,12H2,1-2H3;1H3,(H,3,4)/b21-19+;. The summed E-state index contributed by atoms with van der Waals surface area (Å²) in [6, 6.07) is 13.3. The highest BCUT2D eigenvalue weighted by Crippen LogP contribution is 2.43. The Balaban J connectivity index is 0.000000886. The van der Waals surface area contributed by atoms with E-state index in [0.29, 0.717) is 33.6 Å². The van der Waals surface area contributed by atoms with Crippen molar-refractivity contribution >= 4 is 55.8 Å². The van der Waals surface area contributed by atoms with Crippen LogP contribution in [0.2, 0.25) is 0 Å². The Morgan fingerprint density at radius 2 is 1.81 bits per heavy atom. The highest BCUT2D eigenvalue weighted by atomic mass is 79.9. The van der Waals surface area contributed by atoms with Crippen LogP contribution in [0.3, 0.4) is 0 Å². The zero-order valence-electron chi connectivity index (χ0n) is 20.5. The highest BCUT2D eigenvalue weighted by molar-refractivity contribution is 9.10. The second-order valence-corrected chi connectivity index (χ2v) is 10.1. The number of aryl methyl sites for hydroxylation is 1. The number of ketones is 1. The van der Waals surface area contributed by atoms with Gasteiger partial charge in [-0.05, 0) is 55.3 Å². The fourth-order valence-electron chi connectivity index (χ4n) is 3.60. The van der Waals surface area contributed by atoms with Gasteiger partial charge in [0.05, 0.1) is 18.2 Å². The van der Waals surface area contributed by atoms with Crippen LogP contribution in [0.15, 0.2) is 58.6 Å². The zero-order chi connectivity index (χ0) is 27.1. The molecule has 0 saturated carbocycles. The number of carboxylic acid groups (broad SMARTS) is 1. The Hall–Kier alpha value is -3.57. The lowest BCUT2D eigenvalue weighted by atomic mass is 9.95. The van der Waals surface area contributed by atoms with Crippen molar-refractivity contribution < 1.29 is 29.3 Å². The van der Waals surface area contributed by atoms with Crippen LogP contribution in [-0.4, -0.2) is 44.7 Å². The lowest BCUT2D eigenvalue weighted by Gasteiger charge is -2.22. The van der Waals surface area contributed by atoms with Gasteiger partial charge in [0.15, 0.2) is 0 Å². The molecule has 0 spiro atoms. The molecule has 1 aliphatic heterocycles. The molecule has 1 saturated heterocycles. The fraction of sp³-hybridized carbons (Fsp3) is 0.269. The number of unbranched alkanes of at least 4 members (excludes halogenated alkanes) is 1. The van der Waals surface area contributed by atoms with E-state index >= 15 is 0 Å². The van der Waals surface area contributed by atoms with Crippen molar-refractivity contribution in [2.45, 2.75) is 39.7 Å². The molecule has 1 atom stereocenters. The third kappa shape index (κ3) is 6.80. The van der Waals surface area contributed by atoms with E-state index in [1.165, 1.54) is 16.2 Å². The number of carboxylic acids is 1. The maximum absolute atomic E-state index is 13.1. The number of rotatable bonds is 7. The van der Waals surface area contributed by atoms with Gasteiger partial charge >= 0.3 is 5.91 Å². The average molecular weight is 588 g/mol. The number of carbonyl (C=O) groups excluding carboxylic acids is 2. The number of ether oxygens (including phenoxy) is 1. The minimum atomic E-state index is -0.838. The number of hydrogen-bond donors (Lipinski definition) is 2. The van der Waals surface area contributed by atoms with Crippen molar-refractivity contribution in [3.8, 4) is 5.75 Å². The van der Waals surface area contributed by atoms with Crippen LogP contribution in [-0.2, 0) is 14.4 Å². The van der Waals surface area contributed by atoms with E-state index in [-0.39, 0.29) is 11.3 Å². The molecule has 9 nitrogen and oxygen atoms in total. The summed E-state index contributed by atoms with van der Waals surface area (Å²) in [4.78, 5) is 36.5.